The summed E-state index contributed by atoms with van der Waals surface area (Å²) in [5.74, 6) is 0. The van der Waals surface area contributed by atoms with Crippen molar-refractivity contribution < 1.29 is 0 Å². The first-order chi connectivity index (χ1) is 12.6. The Morgan fingerprint density at radius 1 is 0.741 bits per heavy atom. The lowest BCUT2D eigenvalue weighted by molar-refractivity contribution is 0.668. The third-order valence-corrected chi connectivity index (χ3v) is 7.07. The van der Waals surface area contributed by atoms with E-state index in [4.69, 9.17) is 0 Å². The van der Waals surface area contributed by atoms with Crippen LogP contribution in [0.4, 0.5) is 0 Å². The Morgan fingerprint density at radius 3 is 1.78 bits per heavy atom. The van der Waals surface area contributed by atoms with Gasteiger partial charge in [0.15, 0.2) is 0 Å². The lowest BCUT2D eigenvalue weighted by Crippen LogP contribution is -2.23. The van der Waals surface area contributed by atoms with Crippen molar-refractivity contribution in [3.05, 3.63) is 103 Å². The minimum atomic E-state index is -0.546. The summed E-state index contributed by atoms with van der Waals surface area (Å²) in [4.78, 5) is 0. The maximum atomic E-state index is 2.41. The molecule has 0 N–H and O–H groups in total. The Balaban J connectivity index is 0.00000261. The van der Waals surface area contributed by atoms with Crippen molar-refractivity contribution in [3.8, 4) is 0 Å². The number of allylic oxidation sites excluding steroid dienone is 2. The molecule has 0 saturated carbocycles. The highest BCUT2D eigenvalue weighted by Gasteiger charge is 2.21. The molecule has 0 atom stereocenters. The van der Waals surface area contributed by atoms with E-state index in [0.29, 0.717) is 0 Å². The molecule has 3 rings (SSSR count). The van der Waals surface area contributed by atoms with E-state index in [9.17, 15) is 0 Å². The first kappa shape index (κ1) is 21.6. The lowest BCUT2D eigenvalue weighted by atomic mass is 9.84. The van der Waals surface area contributed by atoms with Crippen LogP contribution in [0.2, 0.25) is 0 Å². The first-order valence-electron chi connectivity index (χ1n) is 9.30. The van der Waals surface area contributed by atoms with E-state index in [1.807, 2.05) is 0 Å². The normalized spacial score (nSPS) is 11.6. The van der Waals surface area contributed by atoms with Gasteiger partial charge in [-0.05, 0) is 41.9 Å². The molecule has 0 aliphatic heterocycles. The molecular formula is C25H28BrP. The van der Waals surface area contributed by atoms with Gasteiger partial charge >= 0.3 is 0 Å². The molecule has 0 bridgehead atoms. The average Bonchev–Trinajstić information content (AvgIpc) is 2.69. The Labute approximate surface area is 175 Å². The van der Waals surface area contributed by atoms with Crippen LogP contribution < -0.4 is 15.9 Å². The number of hydrogen-bond acceptors (Lipinski definition) is 0. The van der Waals surface area contributed by atoms with Crippen LogP contribution in [-0.2, 0) is 5.41 Å². The summed E-state index contributed by atoms with van der Waals surface area (Å²) < 4.78 is 0. The lowest BCUT2D eigenvalue weighted by Gasteiger charge is -2.25. The SMILES string of the molecule is Br.CCC=CC(C)(C)c1cccc(P(c2ccccc2)c2ccccc2)c1. The highest BCUT2D eigenvalue weighted by Crippen LogP contribution is 2.34. The van der Waals surface area contributed by atoms with Crippen molar-refractivity contribution in [1.29, 1.82) is 0 Å². The maximum absolute atomic E-state index is 2.41. The Bertz CT molecular complexity index is 814. The van der Waals surface area contributed by atoms with Gasteiger partial charge in [-0.25, -0.2) is 0 Å². The highest BCUT2D eigenvalue weighted by atomic mass is 79.9. The van der Waals surface area contributed by atoms with Crippen LogP contribution in [0.15, 0.2) is 97.1 Å². The highest BCUT2D eigenvalue weighted by molar-refractivity contribution is 8.93. The number of halogens is 1. The molecule has 0 nitrogen and oxygen atoms in total. The van der Waals surface area contributed by atoms with Crippen molar-refractivity contribution in [2.24, 2.45) is 0 Å². The van der Waals surface area contributed by atoms with Crippen molar-refractivity contribution in [3.63, 3.8) is 0 Å². The maximum Gasteiger partial charge on any atom is 0.00755 e. The van der Waals surface area contributed by atoms with E-state index < -0.39 is 7.92 Å². The Morgan fingerprint density at radius 2 is 1.26 bits per heavy atom. The second-order valence-corrected chi connectivity index (χ2v) is 9.31. The molecule has 0 aromatic heterocycles. The molecule has 3 aromatic rings. The van der Waals surface area contributed by atoms with E-state index >= 15 is 0 Å². The molecule has 0 aliphatic rings. The van der Waals surface area contributed by atoms with Gasteiger partial charge in [0.25, 0.3) is 0 Å². The second-order valence-electron chi connectivity index (χ2n) is 7.09. The van der Waals surface area contributed by atoms with Gasteiger partial charge in [0, 0.05) is 5.41 Å². The fourth-order valence-corrected chi connectivity index (χ4v) is 5.49. The van der Waals surface area contributed by atoms with Crippen LogP contribution >= 0.6 is 24.9 Å². The second kappa shape index (κ2) is 10.0. The monoisotopic (exact) mass is 438 g/mol. The van der Waals surface area contributed by atoms with E-state index in [1.165, 1.54) is 21.5 Å². The molecule has 0 fully saturated rings. The summed E-state index contributed by atoms with van der Waals surface area (Å²) in [7, 11) is -0.546. The third-order valence-electron chi connectivity index (χ3n) is 4.65. The van der Waals surface area contributed by atoms with Gasteiger partial charge in [-0.3, -0.25) is 0 Å². The van der Waals surface area contributed by atoms with Gasteiger partial charge in [0.1, 0.15) is 0 Å². The van der Waals surface area contributed by atoms with E-state index in [-0.39, 0.29) is 22.4 Å². The van der Waals surface area contributed by atoms with Crippen molar-refractivity contribution in [2.45, 2.75) is 32.6 Å². The zero-order chi connectivity index (χ0) is 18.4. The quantitative estimate of drug-likeness (QED) is 0.314. The summed E-state index contributed by atoms with van der Waals surface area (Å²) in [6.45, 7) is 6.78. The fraction of sp³-hybridized carbons (Fsp3) is 0.200. The number of rotatable bonds is 6. The first-order valence-corrected chi connectivity index (χ1v) is 10.6. The molecule has 0 radical (unpaired) electrons. The fourth-order valence-electron chi connectivity index (χ4n) is 3.16. The van der Waals surface area contributed by atoms with Gasteiger partial charge in [-0.15, -0.1) is 17.0 Å². The van der Waals surface area contributed by atoms with Gasteiger partial charge < -0.3 is 0 Å². The Kier molecular flexibility index (Phi) is 8.02. The number of benzene rings is 3. The van der Waals surface area contributed by atoms with Crippen LogP contribution in [0, 0.1) is 0 Å². The predicted octanol–water partition coefficient (Wildman–Crippen LogP) is 6.27. The molecule has 0 amide bonds. The van der Waals surface area contributed by atoms with Crippen molar-refractivity contribution >= 4 is 40.8 Å². The average molecular weight is 439 g/mol. The largest absolute Gasteiger partial charge is 0.114 e. The van der Waals surface area contributed by atoms with E-state index in [0.717, 1.165) is 6.42 Å². The summed E-state index contributed by atoms with van der Waals surface area (Å²) >= 11 is 0. The van der Waals surface area contributed by atoms with Crippen molar-refractivity contribution in [1.82, 2.24) is 0 Å². The summed E-state index contributed by atoms with van der Waals surface area (Å²) in [6, 6.07) is 31.0. The topological polar surface area (TPSA) is 0 Å². The summed E-state index contributed by atoms with van der Waals surface area (Å²) in [6.07, 6.45) is 5.67. The van der Waals surface area contributed by atoms with Crippen LogP contribution in [0.3, 0.4) is 0 Å². The molecule has 140 valence electrons. The van der Waals surface area contributed by atoms with E-state index in [1.54, 1.807) is 0 Å². The van der Waals surface area contributed by atoms with Crippen LogP contribution in [0.5, 0.6) is 0 Å². The molecule has 27 heavy (non-hydrogen) atoms. The summed E-state index contributed by atoms with van der Waals surface area (Å²) in [5.41, 5.74) is 1.42. The third kappa shape index (κ3) is 5.41. The molecule has 2 heteroatoms. The predicted molar refractivity (Wildman–Crippen MR) is 128 cm³/mol. The molecule has 0 saturated heterocycles. The van der Waals surface area contributed by atoms with Gasteiger partial charge in [0.2, 0.25) is 0 Å². The molecule has 0 aliphatic carbocycles. The smallest absolute Gasteiger partial charge is 0.00755 e. The Hall–Kier alpha value is -1.69. The molecule has 3 aromatic carbocycles. The van der Waals surface area contributed by atoms with Gasteiger partial charge in [-0.2, -0.15) is 0 Å². The number of hydrogen-bond donors (Lipinski definition) is 0. The minimum absolute atomic E-state index is 0. The minimum Gasteiger partial charge on any atom is -0.114 e. The molecular weight excluding hydrogens is 411 g/mol. The standard InChI is InChI=1S/C25H27P.BrH/c1-4-5-19-25(2,3)21-13-12-18-24(20-21)26(22-14-8-6-9-15-22)23-16-10-7-11-17-23;/h5-20H,4H2,1-3H3;1H. The molecule has 0 heterocycles. The summed E-state index contributed by atoms with van der Waals surface area (Å²) in [5, 5.41) is 4.20. The zero-order valence-electron chi connectivity index (χ0n) is 16.3. The zero-order valence-corrected chi connectivity index (χ0v) is 18.9. The van der Waals surface area contributed by atoms with Crippen molar-refractivity contribution in [2.75, 3.05) is 0 Å². The van der Waals surface area contributed by atoms with Gasteiger partial charge in [-0.1, -0.05) is 112 Å². The van der Waals surface area contributed by atoms with E-state index in [2.05, 4.69) is 118 Å². The van der Waals surface area contributed by atoms with Gasteiger partial charge in [0.05, 0.1) is 0 Å². The molecule has 0 unspecified atom stereocenters. The van der Waals surface area contributed by atoms with Crippen LogP contribution in [-0.4, -0.2) is 0 Å². The molecule has 0 spiro atoms. The van der Waals surface area contributed by atoms with Crippen LogP contribution in [0.25, 0.3) is 0 Å². The van der Waals surface area contributed by atoms with Crippen LogP contribution in [0.1, 0.15) is 32.8 Å².